The average Bonchev–Trinajstić information content (AvgIpc) is 3.67. The van der Waals surface area contributed by atoms with Crippen LogP contribution in [0.4, 0.5) is 0 Å². The van der Waals surface area contributed by atoms with Gasteiger partial charge in [0.15, 0.2) is 5.84 Å². The van der Waals surface area contributed by atoms with Crippen molar-refractivity contribution in [2.45, 2.75) is 96.8 Å². The molecule has 2 aromatic heterocycles. The summed E-state index contributed by atoms with van der Waals surface area (Å²) < 4.78 is 9.75. The fourth-order valence-electron chi connectivity index (χ4n) is 6.41. The molecule has 2 aromatic carbocycles. The van der Waals surface area contributed by atoms with E-state index in [1.165, 1.54) is 0 Å². The third-order valence-electron chi connectivity index (χ3n) is 8.82. The van der Waals surface area contributed by atoms with Crippen LogP contribution in [0.15, 0.2) is 58.5 Å². The number of nitrogens with one attached hydrogen (secondary N) is 1. The van der Waals surface area contributed by atoms with E-state index in [1.807, 2.05) is 59.3 Å². The van der Waals surface area contributed by atoms with Gasteiger partial charge >= 0.3 is 6.41 Å². The zero-order valence-electron chi connectivity index (χ0n) is 26.1. The first kappa shape index (κ1) is 30.9. The highest BCUT2D eigenvalue weighted by atomic mass is 16.7. The van der Waals surface area contributed by atoms with Crippen LogP contribution in [0.25, 0.3) is 16.9 Å². The van der Waals surface area contributed by atoms with E-state index in [-0.39, 0.29) is 17.7 Å². The van der Waals surface area contributed by atoms with Crippen molar-refractivity contribution in [2.24, 2.45) is 5.16 Å². The second-order valence-corrected chi connectivity index (χ2v) is 12.0. The van der Waals surface area contributed by atoms with Crippen molar-refractivity contribution in [1.29, 1.82) is 0 Å². The Labute approximate surface area is 262 Å². The fourth-order valence-corrected chi connectivity index (χ4v) is 6.41. The van der Waals surface area contributed by atoms with Gasteiger partial charge in [-0.25, -0.2) is 4.52 Å². The number of hydrogen-bond acceptors (Lipinski definition) is 9. The van der Waals surface area contributed by atoms with Crippen LogP contribution in [-0.2, 0) is 22.4 Å². The lowest BCUT2D eigenvalue weighted by molar-refractivity contribution is -0.0896. The summed E-state index contributed by atoms with van der Waals surface area (Å²) in [7, 11) is 0. The van der Waals surface area contributed by atoms with Gasteiger partial charge in [-0.1, -0.05) is 74.0 Å². The largest absolute Gasteiger partial charge is 0.391 e. The summed E-state index contributed by atoms with van der Waals surface area (Å²) in [5, 5.41) is 31.2. The Morgan fingerprint density at radius 3 is 2.47 bits per heavy atom. The van der Waals surface area contributed by atoms with E-state index in [9.17, 15) is 15.0 Å². The molecule has 2 unspecified atom stereocenters. The Morgan fingerprint density at radius 2 is 1.80 bits per heavy atom. The molecule has 1 saturated carbocycles. The van der Waals surface area contributed by atoms with Crippen LogP contribution in [0, 0.1) is 6.92 Å². The standard InChI is InChI=1S/C34H42N6O5/c1-4-8-30-29(19-22-11-13-23(14-12-22)27-9-6-7-10-28(27)31-36-34(43)45-38-31)32(42)39(33-35-21(3)37-40(30)33)24-15-17-26(18-16-24)44-20-25(41)5-2/h6-7,9-14,24-26,34,41,43H,4-5,8,15-20H2,1-3H3,(H,36,38)/t24-,25?,26-,34?. The molecular formula is C34H42N6O5. The van der Waals surface area contributed by atoms with Crippen molar-refractivity contribution in [3.8, 4) is 11.1 Å². The van der Waals surface area contributed by atoms with Crippen molar-refractivity contribution in [1.82, 2.24) is 24.5 Å². The number of rotatable bonds is 11. The average molecular weight is 615 g/mol. The third-order valence-corrected chi connectivity index (χ3v) is 8.82. The van der Waals surface area contributed by atoms with Crippen molar-refractivity contribution in [3.63, 3.8) is 0 Å². The molecule has 3 heterocycles. The van der Waals surface area contributed by atoms with Gasteiger partial charge in [0.25, 0.3) is 5.56 Å². The molecule has 11 nitrogen and oxygen atoms in total. The Bertz CT molecular complexity index is 1720. The van der Waals surface area contributed by atoms with Gasteiger partial charge in [0.05, 0.1) is 24.5 Å². The molecule has 0 bridgehead atoms. The number of ether oxygens (including phenoxy) is 1. The van der Waals surface area contributed by atoms with Gasteiger partial charge in [-0.15, -0.1) is 0 Å². The van der Waals surface area contributed by atoms with Gasteiger partial charge < -0.3 is 25.1 Å². The van der Waals surface area contributed by atoms with Crippen LogP contribution in [0.3, 0.4) is 0 Å². The van der Waals surface area contributed by atoms with E-state index >= 15 is 0 Å². The maximum atomic E-state index is 14.4. The first-order chi connectivity index (χ1) is 21.9. The number of fused-ring (bicyclic) bond motifs is 1. The molecule has 0 amide bonds. The van der Waals surface area contributed by atoms with E-state index in [4.69, 9.17) is 19.7 Å². The molecule has 238 valence electrons. The minimum Gasteiger partial charge on any atom is -0.391 e. The fraction of sp³-hybridized carbons (Fsp3) is 0.471. The minimum absolute atomic E-state index is 0.00224. The molecule has 2 atom stereocenters. The first-order valence-corrected chi connectivity index (χ1v) is 16.0. The van der Waals surface area contributed by atoms with Gasteiger partial charge in [-0.3, -0.25) is 9.36 Å². The molecule has 2 aliphatic rings. The number of aromatic nitrogens is 4. The summed E-state index contributed by atoms with van der Waals surface area (Å²) >= 11 is 0. The molecule has 1 fully saturated rings. The number of aliphatic hydroxyl groups excluding tert-OH is 2. The first-order valence-electron chi connectivity index (χ1n) is 16.0. The lowest BCUT2D eigenvalue weighted by atomic mass is 9.92. The zero-order valence-corrected chi connectivity index (χ0v) is 26.1. The second-order valence-electron chi connectivity index (χ2n) is 12.0. The van der Waals surface area contributed by atoms with Crippen LogP contribution in [-0.4, -0.2) is 60.4 Å². The molecule has 0 spiro atoms. The van der Waals surface area contributed by atoms with Crippen molar-refractivity contribution in [2.75, 3.05) is 6.61 Å². The van der Waals surface area contributed by atoms with Crippen molar-refractivity contribution < 1.29 is 19.8 Å². The Balaban J connectivity index is 1.30. The zero-order chi connectivity index (χ0) is 31.5. The van der Waals surface area contributed by atoms with Gasteiger partial charge in [-0.05, 0) is 62.1 Å². The van der Waals surface area contributed by atoms with Gasteiger partial charge in [0, 0.05) is 23.6 Å². The highest BCUT2D eigenvalue weighted by molar-refractivity contribution is 6.04. The number of amidine groups is 1. The number of hydrogen-bond donors (Lipinski definition) is 3. The maximum absolute atomic E-state index is 14.4. The lowest BCUT2D eigenvalue weighted by Crippen LogP contribution is -2.35. The van der Waals surface area contributed by atoms with Crippen molar-refractivity contribution in [3.05, 3.63) is 87.1 Å². The quantitative estimate of drug-likeness (QED) is 0.228. The minimum atomic E-state index is -1.16. The summed E-state index contributed by atoms with van der Waals surface area (Å²) in [4.78, 5) is 24.1. The van der Waals surface area contributed by atoms with E-state index < -0.39 is 12.5 Å². The second kappa shape index (κ2) is 13.5. The number of oxime groups is 1. The van der Waals surface area contributed by atoms with E-state index in [0.717, 1.165) is 72.0 Å². The van der Waals surface area contributed by atoms with Crippen LogP contribution >= 0.6 is 0 Å². The van der Waals surface area contributed by atoms with Crippen LogP contribution in [0.2, 0.25) is 0 Å². The molecule has 11 heteroatoms. The predicted octanol–water partition coefficient (Wildman–Crippen LogP) is 4.24. The van der Waals surface area contributed by atoms with E-state index in [1.54, 1.807) is 0 Å². The molecule has 4 aromatic rings. The Hall–Kier alpha value is -4.06. The van der Waals surface area contributed by atoms with E-state index in [0.29, 0.717) is 36.9 Å². The normalized spacial score (nSPS) is 20.6. The molecule has 45 heavy (non-hydrogen) atoms. The van der Waals surface area contributed by atoms with Crippen LogP contribution in [0.5, 0.6) is 0 Å². The smallest absolute Gasteiger partial charge is 0.304 e. The van der Waals surface area contributed by atoms with Gasteiger partial charge in [-0.2, -0.15) is 10.1 Å². The predicted molar refractivity (Wildman–Crippen MR) is 171 cm³/mol. The third kappa shape index (κ3) is 6.51. The monoisotopic (exact) mass is 614 g/mol. The Morgan fingerprint density at radius 1 is 1.07 bits per heavy atom. The maximum Gasteiger partial charge on any atom is 0.304 e. The number of aryl methyl sites for hydroxylation is 2. The van der Waals surface area contributed by atoms with Gasteiger partial charge in [0.1, 0.15) is 5.82 Å². The SMILES string of the molecule is CCCc1c(Cc2ccc(-c3ccccc3C3=NOC(O)N3)cc2)c(=O)n([C@H]2CC[C@H](OCC(O)CC)CC2)c2nc(C)nn12. The summed E-state index contributed by atoms with van der Waals surface area (Å²) in [6.07, 6.45) is 4.50. The summed E-state index contributed by atoms with van der Waals surface area (Å²) in [6.45, 7) is 6.28. The van der Waals surface area contributed by atoms with Gasteiger partial charge in [0.2, 0.25) is 5.78 Å². The molecule has 6 rings (SSSR count). The van der Waals surface area contributed by atoms with Crippen molar-refractivity contribution >= 4 is 11.6 Å². The molecule has 0 saturated heterocycles. The summed E-state index contributed by atoms with van der Waals surface area (Å²) in [6, 6.07) is 16.0. The number of nitrogens with zero attached hydrogens (tertiary/aromatic N) is 5. The van der Waals surface area contributed by atoms with Crippen LogP contribution < -0.4 is 10.9 Å². The Kier molecular flexibility index (Phi) is 9.29. The molecule has 1 aliphatic carbocycles. The topological polar surface area (TPSA) is 136 Å². The molecule has 0 radical (unpaired) electrons. The molecule has 1 aliphatic heterocycles. The number of aliphatic hydroxyl groups is 2. The van der Waals surface area contributed by atoms with E-state index in [2.05, 4.69) is 29.5 Å². The molecular weight excluding hydrogens is 572 g/mol. The summed E-state index contributed by atoms with van der Waals surface area (Å²) in [5.74, 6) is 1.73. The summed E-state index contributed by atoms with van der Waals surface area (Å²) in [5.41, 5.74) is 5.45. The highest BCUT2D eigenvalue weighted by Crippen LogP contribution is 2.32. The lowest BCUT2D eigenvalue weighted by Gasteiger charge is -2.31. The molecule has 3 N–H and O–H groups in total. The highest BCUT2D eigenvalue weighted by Gasteiger charge is 2.29. The number of benzene rings is 2. The van der Waals surface area contributed by atoms with Crippen LogP contribution in [0.1, 0.15) is 86.6 Å².